The molecule has 0 saturated carbocycles. The van der Waals surface area contributed by atoms with Crippen molar-refractivity contribution in [2.24, 2.45) is 0 Å². The summed E-state index contributed by atoms with van der Waals surface area (Å²) in [5.41, 5.74) is -0.951. The van der Waals surface area contributed by atoms with E-state index in [1.807, 2.05) is 0 Å². The normalized spacial score (nSPS) is 19.3. The molecule has 23 heavy (non-hydrogen) atoms. The standard InChI is InChI=1S/C14H11F3N2O3S/c15-14(16,17)9-3-1-2-8(4-9)12(21)18-5-10(6-18)19-11(20)7-23-13(19)22/h1-4,10H,5-7H2. The second-order valence-electron chi connectivity index (χ2n) is 5.26. The summed E-state index contributed by atoms with van der Waals surface area (Å²) in [6, 6.07) is 3.80. The summed E-state index contributed by atoms with van der Waals surface area (Å²) in [5.74, 6) is -0.744. The first-order chi connectivity index (χ1) is 10.8. The number of hydrogen-bond donors (Lipinski definition) is 0. The van der Waals surface area contributed by atoms with Gasteiger partial charge in [-0.1, -0.05) is 17.8 Å². The maximum Gasteiger partial charge on any atom is 0.416 e. The summed E-state index contributed by atoms with van der Waals surface area (Å²) in [6.07, 6.45) is -4.51. The highest BCUT2D eigenvalue weighted by Gasteiger charge is 2.43. The molecule has 0 bridgehead atoms. The third-order valence-electron chi connectivity index (χ3n) is 3.74. The number of carbonyl (C=O) groups is 3. The lowest BCUT2D eigenvalue weighted by atomic mass is 10.0. The first-order valence-corrected chi connectivity index (χ1v) is 7.71. The Labute approximate surface area is 133 Å². The van der Waals surface area contributed by atoms with Gasteiger partial charge in [-0.2, -0.15) is 13.2 Å². The fourth-order valence-corrected chi connectivity index (χ4v) is 3.29. The number of rotatable bonds is 2. The van der Waals surface area contributed by atoms with Crippen LogP contribution in [0.4, 0.5) is 18.0 Å². The second kappa shape index (κ2) is 5.55. The molecule has 2 heterocycles. The Hall–Kier alpha value is -2.03. The number of likely N-dealkylation sites (tertiary alicyclic amines) is 1. The predicted molar refractivity (Wildman–Crippen MR) is 75.8 cm³/mol. The number of nitrogens with zero attached hydrogens (tertiary/aromatic N) is 2. The van der Waals surface area contributed by atoms with E-state index in [4.69, 9.17) is 0 Å². The Balaban J connectivity index is 1.67. The first-order valence-electron chi connectivity index (χ1n) is 6.73. The van der Waals surface area contributed by atoms with Gasteiger partial charge in [-0.25, -0.2) is 0 Å². The van der Waals surface area contributed by atoms with Crippen LogP contribution in [-0.2, 0) is 11.0 Å². The van der Waals surface area contributed by atoms with E-state index < -0.39 is 17.6 Å². The van der Waals surface area contributed by atoms with Gasteiger partial charge in [0, 0.05) is 18.7 Å². The molecule has 1 aromatic carbocycles. The van der Waals surface area contributed by atoms with Crippen molar-refractivity contribution in [3.8, 4) is 0 Å². The summed E-state index contributed by atoms with van der Waals surface area (Å²) in [7, 11) is 0. The van der Waals surface area contributed by atoms with Crippen molar-refractivity contribution in [1.29, 1.82) is 0 Å². The molecule has 2 aliphatic rings. The summed E-state index contributed by atoms with van der Waals surface area (Å²) in [6.45, 7) is 0.292. The molecule has 0 spiro atoms. The molecular formula is C14H11F3N2O3S. The summed E-state index contributed by atoms with van der Waals surface area (Å²) in [4.78, 5) is 37.8. The number of halogens is 3. The minimum absolute atomic E-state index is 0.0632. The molecule has 0 atom stereocenters. The maximum atomic E-state index is 12.7. The molecule has 1 aromatic rings. The van der Waals surface area contributed by atoms with Crippen LogP contribution in [0.3, 0.4) is 0 Å². The largest absolute Gasteiger partial charge is 0.416 e. The van der Waals surface area contributed by atoms with Gasteiger partial charge >= 0.3 is 6.18 Å². The second-order valence-corrected chi connectivity index (χ2v) is 6.19. The predicted octanol–water partition coefficient (Wildman–Crippen LogP) is 2.23. The van der Waals surface area contributed by atoms with E-state index in [9.17, 15) is 27.6 Å². The molecule has 0 unspecified atom stereocenters. The van der Waals surface area contributed by atoms with Gasteiger partial charge < -0.3 is 4.90 Å². The molecule has 0 aromatic heterocycles. The number of thioether (sulfide) groups is 1. The minimum Gasteiger partial charge on any atom is -0.334 e. The van der Waals surface area contributed by atoms with Crippen molar-refractivity contribution in [1.82, 2.24) is 9.80 Å². The Kier molecular flexibility index (Phi) is 3.83. The molecule has 3 rings (SSSR count). The Bertz CT molecular complexity index is 670. The van der Waals surface area contributed by atoms with Gasteiger partial charge in [0.25, 0.3) is 11.1 Å². The van der Waals surface area contributed by atoms with Gasteiger partial charge in [-0.3, -0.25) is 19.3 Å². The topological polar surface area (TPSA) is 57.7 Å². The molecule has 9 heteroatoms. The highest BCUT2D eigenvalue weighted by molar-refractivity contribution is 8.14. The van der Waals surface area contributed by atoms with Crippen LogP contribution in [0.1, 0.15) is 15.9 Å². The van der Waals surface area contributed by atoms with Crippen LogP contribution in [0, 0.1) is 0 Å². The van der Waals surface area contributed by atoms with Crippen LogP contribution in [-0.4, -0.2) is 51.7 Å². The van der Waals surface area contributed by atoms with E-state index >= 15 is 0 Å². The third kappa shape index (κ3) is 2.92. The van der Waals surface area contributed by atoms with Gasteiger partial charge in [0.2, 0.25) is 5.91 Å². The van der Waals surface area contributed by atoms with Crippen molar-refractivity contribution in [3.05, 3.63) is 35.4 Å². The van der Waals surface area contributed by atoms with Gasteiger partial charge in [0.1, 0.15) is 0 Å². The SMILES string of the molecule is O=C(c1cccc(C(F)(F)F)c1)N1CC(N2C(=O)CSC2=O)C1. The molecule has 0 aliphatic carbocycles. The number of hydrogen-bond acceptors (Lipinski definition) is 4. The number of amides is 3. The zero-order chi connectivity index (χ0) is 16.8. The fourth-order valence-electron chi connectivity index (χ4n) is 2.51. The van der Waals surface area contributed by atoms with Crippen molar-refractivity contribution < 1.29 is 27.6 Å². The quantitative estimate of drug-likeness (QED) is 0.826. The van der Waals surface area contributed by atoms with Gasteiger partial charge in [0.15, 0.2) is 0 Å². The zero-order valence-electron chi connectivity index (χ0n) is 11.7. The van der Waals surface area contributed by atoms with E-state index in [0.717, 1.165) is 28.8 Å². The lowest BCUT2D eigenvalue weighted by Gasteiger charge is -2.42. The third-order valence-corrected chi connectivity index (χ3v) is 4.57. The maximum absolute atomic E-state index is 12.7. The van der Waals surface area contributed by atoms with E-state index in [1.165, 1.54) is 17.0 Å². The van der Waals surface area contributed by atoms with E-state index in [-0.39, 0.29) is 41.6 Å². The van der Waals surface area contributed by atoms with Crippen LogP contribution in [0.5, 0.6) is 0 Å². The Morgan fingerprint density at radius 2 is 1.91 bits per heavy atom. The van der Waals surface area contributed by atoms with Crippen LogP contribution in [0.2, 0.25) is 0 Å². The van der Waals surface area contributed by atoms with Crippen molar-refractivity contribution in [3.63, 3.8) is 0 Å². The van der Waals surface area contributed by atoms with Gasteiger partial charge in [-0.05, 0) is 18.2 Å². The average Bonchev–Trinajstić information content (AvgIpc) is 2.77. The molecule has 2 saturated heterocycles. The molecule has 2 fully saturated rings. The van der Waals surface area contributed by atoms with Crippen LogP contribution in [0.25, 0.3) is 0 Å². The zero-order valence-corrected chi connectivity index (χ0v) is 12.5. The molecular weight excluding hydrogens is 333 g/mol. The average molecular weight is 344 g/mol. The number of benzene rings is 1. The summed E-state index contributed by atoms with van der Waals surface area (Å²) in [5, 5.41) is -0.342. The molecule has 0 N–H and O–H groups in total. The first kappa shape index (κ1) is 15.9. The number of alkyl halides is 3. The monoisotopic (exact) mass is 344 g/mol. The highest BCUT2D eigenvalue weighted by Crippen LogP contribution is 2.31. The highest BCUT2D eigenvalue weighted by atomic mass is 32.2. The number of carbonyl (C=O) groups excluding carboxylic acids is 3. The molecule has 5 nitrogen and oxygen atoms in total. The van der Waals surface area contributed by atoms with E-state index in [2.05, 4.69) is 0 Å². The van der Waals surface area contributed by atoms with Gasteiger partial charge in [0.05, 0.1) is 17.4 Å². The molecule has 122 valence electrons. The van der Waals surface area contributed by atoms with E-state index in [1.54, 1.807) is 0 Å². The molecule has 0 radical (unpaired) electrons. The van der Waals surface area contributed by atoms with Crippen molar-refractivity contribution >= 4 is 28.8 Å². The van der Waals surface area contributed by atoms with Gasteiger partial charge in [-0.15, -0.1) is 0 Å². The molecule has 2 aliphatic heterocycles. The lowest BCUT2D eigenvalue weighted by Crippen LogP contribution is -2.62. The van der Waals surface area contributed by atoms with Crippen molar-refractivity contribution in [2.75, 3.05) is 18.8 Å². The minimum atomic E-state index is -4.51. The molecule has 3 amide bonds. The van der Waals surface area contributed by atoms with Crippen molar-refractivity contribution in [2.45, 2.75) is 12.2 Å². The lowest BCUT2D eigenvalue weighted by molar-refractivity contribution is -0.137. The fraction of sp³-hybridized carbons (Fsp3) is 0.357. The van der Waals surface area contributed by atoms with E-state index in [0.29, 0.717) is 0 Å². The Morgan fingerprint density at radius 1 is 1.22 bits per heavy atom. The Morgan fingerprint density at radius 3 is 2.48 bits per heavy atom. The van der Waals surface area contributed by atoms with Crippen LogP contribution >= 0.6 is 11.8 Å². The summed E-state index contributed by atoms with van der Waals surface area (Å²) < 4.78 is 38.0. The number of imide groups is 1. The smallest absolute Gasteiger partial charge is 0.334 e. The summed E-state index contributed by atoms with van der Waals surface area (Å²) >= 11 is 0.911. The van der Waals surface area contributed by atoms with Crippen LogP contribution in [0.15, 0.2) is 24.3 Å². The van der Waals surface area contributed by atoms with Crippen LogP contribution < -0.4 is 0 Å².